The van der Waals surface area contributed by atoms with Crippen molar-refractivity contribution in [1.82, 2.24) is 4.90 Å². The molecule has 130 valence electrons. The Kier molecular flexibility index (Phi) is 5.02. The lowest BCUT2D eigenvalue weighted by Crippen LogP contribution is -2.32. The monoisotopic (exact) mass is 335 g/mol. The van der Waals surface area contributed by atoms with Crippen LogP contribution in [0.3, 0.4) is 0 Å². The normalized spacial score (nSPS) is 16.7. The van der Waals surface area contributed by atoms with Crippen LogP contribution in [0.25, 0.3) is 5.76 Å². The van der Waals surface area contributed by atoms with Crippen LogP contribution >= 0.6 is 0 Å². The number of aliphatic hydroxyl groups is 1. The lowest BCUT2D eigenvalue weighted by molar-refractivity contribution is -0.126. The highest BCUT2D eigenvalue weighted by atomic mass is 16.5. The van der Waals surface area contributed by atoms with Gasteiger partial charge in [-0.15, -0.1) is 0 Å². The minimum Gasteiger partial charge on any atom is -0.506 e. The van der Waals surface area contributed by atoms with Crippen molar-refractivity contribution in [1.29, 1.82) is 0 Å². The number of hydrogen-bond acceptors (Lipinski definition) is 6. The summed E-state index contributed by atoms with van der Waals surface area (Å²) < 4.78 is 15.7. The van der Waals surface area contributed by atoms with E-state index in [-0.39, 0.29) is 23.7 Å². The molecule has 1 aliphatic rings. The summed E-state index contributed by atoms with van der Waals surface area (Å²) >= 11 is 0. The Hall–Kier alpha value is -2.70. The summed E-state index contributed by atoms with van der Waals surface area (Å²) in [6, 6.07) is 2.84. The fourth-order valence-corrected chi connectivity index (χ4v) is 2.58. The van der Waals surface area contributed by atoms with Gasteiger partial charge in [-0.2, -0.15) is 0 Å². The van der Waals surface area contributed by atoms with E-state index < -0.39 is 17.4 Å². The summed E-state index contributed by atoms with van der Waals surface area (Å²) in [6.07, 6.45) is 0. The lowest BCUT2D eigenvalue weighted by atomic mass is 10.1. The number of methoxy groups -OCH3 is 3. The lowest BCUT2D eigenvalue weighted by Gasteiger charge is -2.18. The highest BCUT2D eigenvalue weighted by Gasteiger charge is 2.38. The smallest absolute Gasteiger partial charge is 0.262 e. The zero-order valence-corrected chi connectivity index (χ0v) is 14.4. The Balaban J connectivity index is 2.59. The van der Waals surface area contributed by atoms with E-state index in [1.54, 1.807) is 0 Å². The first-order valence-electron chi connectivity index (χ1n) is 7.43. The maximum Gasteiger partial charge on any atom is 0.262 e. The molecule has 7 nitrogen and oxygen atoms in total. The molecule has 0 atom stereocenters. The third-order valence-electron chi connectivity index (χ3n) is 3.87. The van der Waals surface area contributed by atoms with Crippen molar-refractivity contribution < 1.29 is 28.9 Å². The van der Waals surface area contributed by atoms with Crippen molar-refractivity contribution in [3.63, 3.8) is 0 Å². The summed E-state index contributed by atoms with van der Waals surface area (Å²) in [5.74, 6) is -0.307. The molecule has 0 aromatic heterocycles. The van der Waals surface area contributed by atoms with Crippen molar-refractivity contribution in [2.75, 3.05) is 27.9 Å². The molecule has 0 radical (unpaired) electrons. The van der Waals surface area contributed by atoms with Gasteiger partial charge in [0.05, 0.1) is 27.9 Å². The third kappa shape index (κ3) is 2.89. The summed E-state index contributed by atoms with van der Waals surface area (Å²) in [5, 5.41) is 10.5. The number of carbonyl (C=O) groups is 2. The summed E-state index contributed by atoms with van der Waals surface area (Å²) in [7, 11) is 4.35. The molecule has 1 amide bonds. The van der Waals surface area contributed by atoms with Gasteiger partial charge in [0.2, 0.25) is 5.75 Å². The van der Waals surface area contributed by atoms with E-state index in [0.29, 0.717) is 17.2 Å². The first-order chi connectivity index (χ1) is 11.3. The van der Waals surface area contributed by atoms with E-state index in [0.717, 1.165) is 0 Å². The molecule has 1 aromatic carbocycles. The highest BCUT2D eigenvalue weighted by Crippen LogP contribution is 2.40. The summed E-state index contributed by atoms with van der Waals surface area (Å²) in [5.41, 5.74) is 0.0183. The van der Waals surface area contributed by atoms with Crippen molar-refractivity contribution in [3.8, 4) is 17.2 Å². The first kappa shape index (κ1) is 17.7. The van der Waals surface area contributed by atoms with Crippen molar-refractivity contribution >= 4 is 17.4 Å². The number of carbonyl (C=O) groups excluding carboxylic acids is 2. The number of amides is 1. The second kappa shape index (κ2) is 6.82. The Morgan fingerprint density at radius 2 is 1.62 bits per heavy atom. The molecule has 2 rings (SSSR count). The molecule has 1 fully saturated rings. The van der Waals surface area contributed by atoms with E-state index in [1.165, 1.54) is 38.4 Å². The molecule has 1 heterocycles. The number of aliphatic hydroxyl groups excluding tert-OH is 1. The van der Waals surface area contributed by atoms with Crippen LogP contribution in [0.15, 0.2) is 17.7 Å². The minimum absolute atomic E-state index is 0.0414. The molecule has 0 saturated carbocycles. The van der Waals surface area contributed by atoms with Gasteiger partial charge in [-0.1, -0.05) is 0 Å². The van der Waals surface area contributed by atoms with Crippen LogP contribution in [0.5, 0.6) is 17.2 Å². The predicted molar refractivity (Wildman–Crippen MR) is 87.5 cm³/mol. The molecule has 0 spiro atoms. The SMILES string of the molecule is COc1cc(/C(O)=C2\C(=O)CN(C(C)C)C2=O)cc(OC)c1OC. The third-order valence-corrected chi connectivity index (χ3v) is 3.87. The van der Waals surface area contributed by atoms with Crippen LogP contribution < -0.4 is 14.2 Å². The molecule has 7 heteroatoms. The average Bonchev–Trinajstić information content (AvgIpc) is 2.87. The summed E-state index contributed by atoms with van der Waals surface area (Å²) in [4.78, 5) is 26.0. The van der Waals surface area contributed by atoms with Crippen LogP contribution in [-0.4, -0.2) is 55.6 Å². The van der Waals surface area contributed by atoms with Crippen molar-refractivity contribution in [3.05, 3.63) is 23.3 Å². The van der Waals surface area contributed by atoms with E-state index in [4.69, 9.17) is 14.2 Å². The van der Waals surface area contributed by atoms with Gasteiger partial charge in [-0.05, 0) is 26.0 Å². The van der Waals surface area contributed by atoms with Crippen LogP contribution in [0.4, 0.5) is 0 Å². The molecule has 1 aliphatic heterocycles. The second-order valence-corrected chi connectivity index (χ2v) is 5.59. The maximum atomic E-state index is 12.4. The van der Waals surface area contributed by atoms with Crippen LogP contribution in [0.1, 0.15) is 19.4 Å². The molecular formula is C17H21NO6. The number of nitrogens with zero attached hydrogens (tertiary/aromatic N) is 1. The van der Waals surface area contributed by atoms with Gasteiger partial charge in [0.1, 0.15) is 11.3 Å². The molecule has 1 aromatic rings. The molecule has 1 saturated heterocycles. The Morgan fingerprint density at radius 1 is 1.08 bits per heavy atom. The van der Waals surface area contributed by atoms with Gasteiger partial charge in [-0.3, -0.25) is 9.59 Å². The minimum atomic E-state index is -0.485. The van der Waals surface area contributed by atoms with E-state index in [1.807, 2.05) is 13.8 Å². The maximum absolute atomic E-state index is 12.4. The summed E-state index contributed by atoms with van der Waals surface area (Å²) in [6.45, 7) is 3.58. The fraction of sp³-hybridized carbons (Fsp3) is 0.412. The number of rotatable bonds is 5. The molecule has 24 heavy (non-hydrogen) atoms. The van der Waals surface area contributed by atoms with E-state index in [9.17, 15) is 14.7 Å². The van der Waals surface area contributed by atoms with Gasteiger partial charge >= 0.3 is 0 Å². The van der Waals surface area contributed by atoms with Crippen LogP contribution in [-0.2, 0) is 9.59 Å². The number of hydrogen-bond donors (Lipinski definition) is 1. The van der Waals surface area contributed by atoms with Crippen molar-refractivity contribution in [2.24, 2.45) is 0 Å². The van der Waals surface area contributed by atoms with Crippen LogP contribution in [0.2, 0.25) is 0 Å². The molecule has 0 bridgehead atoms. The van der Waals surface area contributed by atoms with Gasteiger partial charge < -0.3 is 24.2 Å². The number of ether oxygens (including phenoxy) is 3. The molecular weight excluding hydrogens is 314 g/mol. The number of benzene rings is 1. The molecule has 0 aliphatic carbocycles. The van der Waals surface area contributed by atoms with Gasteiger partial charge in [0, 0.05) is 11.6 Å². The highest BCUT2D eigenvalue weighted by molar-refractivity contribution is 6.28. The quantitative estimate of drug-likeness (QED) is 0.502. The number of ketones is 1. The largest absolute Gasteiger partial charge is 0.506 e. The second-order valence-electron chi connectivity index (χ2n) is 5.59. The van der Waals surface area contributed by atoms with Crippen LogP contribution in [0, 0.1) is 0 Å². The Bertz CT molecular complexity index is 682. The van der Waals surface area contributed by atoms with Gasteiger partial charge in [0.15, 0.2) is 17.3 Å². The molecule has 1 N–H and O–H groups in total. The first-order valence-corrected chi connectivity index (χ1v) is 7.43. The Morgan fingerprint density at radius 3 is 2.00 bits per heavy atom. The predicted octanol–water partition coefficient (Wildman–Crippen LogP) is 1.80. The van der Waals surface area contributed by atoms with Gasteiger partial charge in [0.25, 0.3) is 5.91 Å². The van der Waals surface area contributed by atoms with E-state index in [2.05, 4.69) is 0 Å². The number of likely N-dealkylation sites (tertiary alicyclic amines) is 1. The van der Waals surface area contributed by atoms with Crippen molar-refractivity contribution in [2.45, 2.75) is 19.9 Å². The number of Topliss-reactive ketones (excluding diaryl/α,β-unsaturated/α-hetero) is 1. The zero-order valence-electron chi connectivity index (χ0n) is 14.4. The van der Waals surface area contributed by atoms with Gasteiger partial charge in [-0.25, -0.2) is 0 Å². The topological polar surface area (TPSA) is 85.3 Å². The zero-order chi connectivity index (χ0) is 18.0. The molecule has 0 unspecified atom stereocenters. The van der Waals surface area contributed by atoms with E-state index >= 15 is 0 Å². The average molecular weight is 335 g/mol. The standard InChI is InChI=1S/C17H21NO6/c1-9(2)18-8-11(19)14(17(18)21)15(20)10-6-12(22-3)16(24-5)13(7-10)23-4/h6-7,9,20H,8H2,1-5H3/b15-14-. The fourth-order valence-electron chi connectivity index (χ4n) is 2.58. The Labute approximate surface area is 140 Å².